The summed E-state index contributed by atoms with van der Waals surface area (Å²) in [5.41, 5.74) is 2.27. The molecular weight excluding hydrogens is 298 g/mol. The molecule has 5 nitrogen and oxygen atoms in total. The summed E-state index contributed by atoms with van der Waals surface area (Å²) in [6, 6.07) is 8.65. The summed E-state index contributed by atoms with van der Waals surface area (Å²) >= 11 is 0. The van der Waals surface area contributed by atoms with Gasteiger partial charge in [0.1, 0.15) is 6.33 Å². The summed E-state index contributed by atoms with van der Waals surface area (Å²) in [5.74, 6) is 0.185. The summed E-state index contributed by atoms with van der Waals surface area (Å²) in [4.78, 5) is 11.0. The van der Waals surface area contributed by atoms with E-state index in [4.69, 9.17) is 0 Å². The number of rotatable bonds is 5. The van der Waals surface area contributed by atoms with Crippen LogP contribution < -0.4 is 0 Å². The van der Waals surface area contributed by atoms with Crippen molar-refractivity contribution in [2.24, 2.45) is 0 Å². The fourth-order valence-electron chi connectivity index (χ4n) is 2.72. The highest BCUT2D eigenvalue weighted by molar-refractivity contribution is 7.91. The zero-order chi connectivity index (χ0) is 15.4. The fourth-order valence-corrected chi connectivity index (χ4v) is 4.04. The van der Waals surface area contributed by atoms with Crippen molar-refractivity contribution in [1.29, 1.82) is 0 Å². The van der Waals surface area contributed by atoms with Crippen molar-refractivity contribution < 1.29 is 8.42 Å². The van der Waals surface area contributed by atoms with Crippen LogP contribution in [0.3, 0.4) is 0 Å². The zero-order valence-electron chi connectivity index (χ0n) is 12.4. The first kappa shape index (κ1) is 15.1. The topological polar surface area (TPSA) is 63.2 Å². The summed E-state index contributed by atoms with van der Waals surface area (Å²) < 4.78 is 24.5. The number of hydrogen-bond donors (Lipinski definition) is 0. The molecule has 0 spiro atoms. The molecule has 0 N–H and O–H groups in total. The molecule has 0 fully saturated rings. The maximum Gasteiger partial charge on any atom is 0.178 e. The van der Waals surface area contributed by atoms with E-state index in [1.807, 2.05) is 12.3 Å². The Labute approximate surface area is 130 Å². The van der Waals surface area contributed by atoms with Gasteiger partial charge in [0.25, 0.3) is 0 Å². The monoisotopic (exact) mass is 317 g/mol. The Morgan fingerprint density at radius 2 is 2.00 bits per heavy atom. The van der Waals surface area contributed by atoms with Crippen molar-refractivity contribution in [2.45, 2.75) is 24.3 Å². The van der Waals surface area contributed by atoms with Gasteiger partial charge in [-0.15, -0.1) is 0 Å². The molecule has 0 saturated carbocycles. The first-order chi connectivity index (χ1) is 10.6. The van der Waals surface area contributed by atoms with Gasteiger partial charge in [0.2, 0.25) is 0 Å². The first-order valence-corrected chi connectivity index (χ1v) is 9.08. The molecular formula is C16H19N3O2S. The van der Waals surface area contributed by atoms with Crippen molar-refractivity contribution >= 4 is 9.84 Å². The summed E-state index contributed by atoms with van der Waals surface area (Å²) in [5, 5.41) is 0. The highest BCUT2D eigenvalue weighted by Crippen LogP contribution is 2.16. The highest BCUT2D eigenvalue weighted by Gasteiger charge is 2.19. The zero-order valence-corrected chi connectivity index (χ0v) is 13.2. The van der Waals surface area contributed by atoms with Gasteiger partial charge in [0, 0.05) is 19.3 Å². The molecule has 0 unspecified atom stereocenters. The molecule has 2 aromatic rings. The lowest BCUT2D eigenvalue weighted by atomic mass is 10.1. The molecule has 116 valence electrons. The van der Waals surface area contributed by atoms with E-state index in [0.717, 1.165) is 31.7 Å². The van der Waals surface area contributed by atoms with Gasteiger partial charge in [-0.1, -0.05) is 18.2 Å². The molecule has 2 heterocycles. The number of benzene rings is 1. The van der Waals surface area contributed by atoms with Crippen LogP contribution in [0.4, 0.5) is 0 Å². The predicted octanol–water partition coefficient (Wildman–Crippen LogP) is 1.70. The SMILES string of the molecule is O=S(=O)(CCCN1CCc2cncnc2C1)c1ccccc1. The molecule has 1 aromatic heterocycles. The Kier molecular flexibility index (Phi) is 4.49. The Morgan fingerprint density at radius 1 is 1.18 bits per heavy atom. The van der Waals surface area contributed by atoms with E-state index in [0.29, 0.717) is 11.3 Å². The van der Waals surface area contributed by atoms with Gasteiger partial charge in [-0.2, -0.15) is 0 Å². The molecule has 22 heavy (non-hydrogen) atoms. The van der Waals surface area contributed by atoms with Gasteiger partial charge in [-0.05, 0) is 37.1 Å². The Hall–Kier alpha value is -1.79. The van der Waals surface area contributed by atoms with Crippen molar-refractivity contribution in [3.05, 3.63) is 54.1 Å². The van der Waals surface area contributed by atoms with Gasteiger partial charge in [-0.25, -0.2) is 18.4 Å². The molecule has 1 aromatic carbocycles. The summed E-state index contributed by atoms with van der Waals surface area (Å²) in [6.07, 6.45) is 5.01. The predicted molar refractivity (Wildman–Crippen MR) is 84.1 cm³/mol. The molecule has 1 aliphatic heterocycles. The number of fused-ring (bicyclic) bond motifs is 1. The van der Waals surface area contributed by atoms with Crippen LogP contribution in [-0.4, -0.2) is 42.1 Å². The molecule has 0 amide bonds. The molecule has 0 atom stereocenters. The quantitative estimate of drug-likeness (QED) is 0.840. The van der Waals surface area contributed by atoms with Gasteiger partial charge >= 0.3 is 0 Å². The minimum atomic E-state index is -3.17. The number of hydrogen-bond acceptors (Lipinski definition) is 5. The highest BCUT2D eigenvalue weighted by atomic mass is 32.2. The lowest BCUT2D eigenvalue weighted by Gasteiger charge is -2.27. The van der Waals surface area contributed by atoms with Crippen LogP contribution in [0.1, 0.15) is 17.7 Å². The van der Waals surface area contributed by atoms with E-state index >= 15 is 0 Å². The molecule has 3 rings (SSSR count). The number of sulfone groups is 1. The minimum Gasteiger partial charge on any atom is -0.297 e. The third-order valence-electron chi connectivity index (χ3n) is 3.94. The van der Waals surface area contributed by atoms with Gasteiger partial charge in [0.15, 0.2) is 9.84 Å². The molecule has 6 heteroatoms. The minimum absolute atomic E-state index is 0.185. The van der Waals surface area contributed by atoms with Crippen LogP contribution in [0, 0.1) is 0 Å². The number of nitrogens with zero attached hydrogens (tertiary/aromatic N) is 3. The van der Waals surface area contributed by atoms with E-state index < -0.39 is 9.84 Å². The van der Waals surface area contributed by atoms with Crippen LogP contribution in [0.2, 0.25) is 0 Å². The van der Waals surface area contributed by atoms with Crippen molar-refractivity contribution in [2.75, 3.05) is 18.8 Å². The van der Waals surface area contributed by atoms with E-state index in [-0.39, 0.29) is 5.75 Å². The van der Waals surface area contributed by atoms with Crippen molar-refractivity contribution in [1.82, 2.24) is 14.9 Å². The molecule has 0 saturated heterocycles. The van der Waals surface area contributed by atoms with Gasteiger partial charge in [0.05, 0.1) is 16.3 Å². The molecule has 0 bridgehead atoms. The van der Waals surface area contributed by atoms with Crippen LogP contribution in [-0.2, 0) is 22.8 Å². The van der Waals surface area contributed by atoms with E-state index in [1.54, 1.807) is 30.6 Å². The maximum absolute atomic E-state index is 12.2. The summed E-state index contributed by atoms with van der Waals surface area (Å²) in [7, 11) is -3.17. The van der Waals surface area contributed by atoms with Crippen molar-refractivity contribution in [3.8, 4) is 0 Å². The van der Waals surface area contributed by atoms with Crippen LogP contribution in [0.25, 0.3) is 0 Å². The number of aromatic nitrogens is 2. The second-order valence-electron chi connectivity index (χ2n) is 5.51. The third-order valence-corrected chi connectivity index (χ3v) is 5.76. The second-order valence-corrected chi connectivity index (χ2v) is 7.62. The van der Waals surface area contributed by atoms with E-state index in [2.05, 4.69) is 14.9 Å². The van der Waals surface area contributed by atoms with Crippen LogP contribution >= 0.6 is 0 Å². The third kappa shape index (κ3) is 3.51. The standard InChI is InChI=1S/C16H19N3O2S/c20-22(21,15-5-2-1-3-6-15)10-4-8-19-9-7-14-11-17-13-18-16(14)12-19/h1-3,5-6,11,13H,4,7-10,12H2. The lowest BCUT2D eigenvalue weighted by molar-refractivity contribution is 0.250. The maximum atomic E-state index is 12.2. The Morgan fingerprint density at radius 3 is 2.82 bits per heavy atom. The van der Waals surface area contributed by atoms with Crippen molar-refractivity contribution in [3.63, 3.8) is 0 Å². The van der Waals surface area contributed by atoms with E-state index in [9.17, 15) is 8.42 Å². The smallest absolute Gasteiger partial charge is 0.178 e. The molecule has 1 aliphatic rings. The van der Waals surface area contributed by atoms with E-state index in [1.165, 1.54) is 5.56 Å². The fraction of sp³-hybridized carbons (Fsp3) is 0.375. The van der Waals surface area contributed by atoms with Crippen LogP contribution in [0.5, 0.6) is 0 Å². The average Bonchev–Trinajstić information content (AvgIpc) is 2.55. The largest absolute Gasteiger partial charge is 0.297 e. The molecule has 0 aliphatic carbocycles. The first-order valence-electron chi connectivity index (χ1n) is 7.43. The Bertz CT molecular complexity index is 732. The second kappa shape index (κ2) is 6.54. The van der Waals surface area contributed by atoms with Gasteiger partial charge < -0.3 is 0 Å². The molecule has 0 radical (unpaired) electrons. The average molecular weight is 317 g/mol. The summed E-state index contributed by atoms with van der Waals surface area (Å²) in [6.45, 7) is 2.49. The van der Waals surface area contributed by atoms with Crippen LogP contribution in [0.15, 0.2) is 47.8 Å². The normalized spacial score (nSPS) is 15.5. The Balaban J connectivity index is 1.54. The van der Waals surface area contributed by atoms with Gasteiger partial charge in [-0.3, -0.25) is 4.90 Å². The lowest BCUT2D eigenvalue weighted by Crippen LogP contribution is -2.32.